The topological polar surface area (TPSA) is 63.8 Å². The first-order valence-corrected chi connectivity index (χ1v) is 5.16. The molecule has 4 heteroatoms. The summed E-state index contributed by atoms with van der Waals surface area (Å²) in [4.78, 5) is 8.13. The summed E-state index contributed by atoms with van der Waals surface area (Å²) < 4.78 is 0. The molecule has 1 heterocycles. The van der Waals surface area contributed by atoms with E-state index in [0.717, 1.165) is 12.5 Å². The number of anilines is 2. The van der Waals surface area contributed by atoms with Crippen molar-refractivity contribution >= 4 is 11.6 Å². The minimum atomic E-state index is 0.605. The number of nitrogen functional groups attached to an aromatic ring is 1. The van der Waals surface area contributed by atoms with E-state index in [-0.39, 0.29) is 0 Å². The molecule has 1 fully saturated rings. The van der Waals surface area contributed by atoms with Gasteiger partial charge in [0, 0.05) is 6.54 Å². The largest absolute Gasteiger partial charge is 0.396 e. The molecule has 4 nitrogen and oxygen atoms in total. The fourth-order valence-corrected chi connectivity index (χ4v) is 1.43. The molecular weight excluding hydrogens is 176 g/mol. The van der Waals surface area contributed by atoms with E-state index in [0.29, 0.717) is 11.6 Å². The van der Waals surface area contributed by atoms with Crippen LogP contribution in [0.25, 0.3) is 0 Å². The molecule has 76 valence electrons. The summed E-state index contributed by atoms with van der Waals surface area (Å²) in [5.74, 6) is 1.68. The number of rotatable bonds is 5. The SMILES string of the molecule is Nc1cnc(NCCCC2CC2)nc1. The molecule has 3 N–H and O–H groups in total. The van der Waals surface area contributed by atoms with Crippen LogP contribution in [0.1, 0.15) is 25.7 Å². The standard InChI is InChI=1S/C10H16N4/c11-9-6-13-10(14-7-9)12-5-1-2-8-3-4-8/h6-8H,1-5,11H2,(H,12,13,14). The van der Waals surface area contributed by atoms with Crippen molar-refractivity contribution in [3.63, 3.8) is 0 Å². The van der Waals surface area contributed by atoms with E-state index in [1.54, 1.807) is 12.4 Å². The molecule has 0 radical (unpaired) electrons. The summed E-state index contributed by atoms with van der Waals surface area (Å²) >= 11 is 0. The highest BCUT2D eigenvalue weighted by Gasteiger charge is 2.19. The van der Waals surface area contributed by atoms with Gasteiger partial charge in [-0.15, -0.1) is 0 Å². The zero-order valence-electron chi connectivity index (χ0n) is 8.24. The Morgan fingerprint density at radius 3 is 2.71 bits per heavy atom. The van der Waals surface area contributed by atoms with Gasteiger partial charge in [0.2, 0.25) is 5.95 Å². The highest BCUT2D eigenvalue weighted by Crippen LogP contribution is 2.33. The molecule has 0 unspecified atom stereocenters. The third-order valence-corrected chi connectivity index (χ3v) is 2.44. The van der Waals surface area contributed by atoms with Gasteiger partial charge in [-0.3, -0.25) is 0 Å². The first kappa shape index (κ1) is 9.24. The van der Waals surface area contributed by atoms with Crippen LogP contribution in [-0.2, 0) is 0 Å². The van der Waals surface area contributed by atoms with Crippen LogP contribution >= 0.6 is 0 Å². The van der Waals surface area contributed by atoms with Crippen molar-refractivity contribution < 1.29 is 0 Å². The average Bonchev–Trinajstić information content (AvgIpc) is 2.99. The van der Waals surface area contributed by atoms with Crippen molar-refractivity contribution in [2.24, 2.45) is 5.92 Å². The van der Waals surface area contributed by atoms with Crippen LogP contribution < -0.4 is 11.1 Å². The van der Waals surface area contributed by atoms with Gasteiger partial charge in [0.15, 0.2) is 0 Å². The monoisotopic (exact) mass is 192 g/mol. The number of aromatic nitrogens is 2. The fourth-order valence-electron chi connectivity index (χ4n) is 1.43. The molecule has 0 saturated heterocycles. The Morgan fingerprint density at radius 1 is 1.36 bits per heavy atom. The van der Waals surface area contributed by atoms with Crippen molar-refractivity contribution in [1.82, 2.24) is 9.97 Å². The summed E-state index contributed by atoms with van der Waals surface area (Å²) in [6.45, 7) is 0.959. The van der Waals surface area contributed by atoms with E-state index in [1.165, 1.54) is 25.7 Å². The van der Waals surface area contributed by atoms with Gasteiger partial charge < -0.3 is 11.1 Å². The van der Waals surface area contributed by atoms with Crippen LogP contribution in [0.5, 0.6) is 0 Å². The van der Waals surface area contributed by atoms with Crippen molar-refractivity contribution in [3.05, 3.63) is 12.4 Å². The number of hydrogen-bond donors (Lipinski definition) is 2. The second kappa shape index (κ2) is 4.26. The van der Waals surface area contributed by atoms with Gasteiger partial charge in [0.25, 0.3) is 0 Å². The lowest BCUT2D eigenvalue weighted by Crippen LogP contribution is -2.05. The smallest absolute Gasteiger partial charge is 0.222 e. The van der Waals surface area contributed by atoms with Crippen molar-refractivity contribution in [2.75, 3.05) is 17.6 Å². The lowest BCUT2D eigenvalue weighted by Gasteiger charge is -2.03. The minimum Gasteiger partial charge on any atom is -0.396 e. The Morgan fingerprint density at radius 2 is 2.07 bits per heavy atom. The van der Waals surface area contributed by atoms with E-state index in [4.69, 9.17) is 5.73 Å². The predicted octanol–water partition coefficient (Wildman–Crippen LogP) is 1.66. The van der Waals surface area contributed by atoms with Crippen molar-refractivity contribution in [2.45, 2.75) is 25.7 Å². The van der Waals surface area contributed by atoms with E-state index >= 15 is 0 Å². The Hall–Kier alpha value is -1.32. The lowest BCUT2D eigenvalue weighted by atomic mass is 10.2. The quantitative estimate of drug-likeness (QED) is 0.696. The minimum absolute atomic E-state index is 0.605. The fraction of sp³-hybridized carbons (Fsp3) is 0.600. The van der Waals surface area contributed by atoms with Crippen LogP contribution in [0.15, 0.2) is 12.4 Å². The average molecular weight is 192 g/mol. The van der Waals surface area contributed by atoms with Crippen LogP contribution in [0.2, 0.25) is 0 Å². The van der Waals surface area contributed by atoms with Gasteiger partial charge in [-0.05, 0) is 18.8 Å². The van der Waals surface area contributed by atoms with Crippen LogP contribution in [0.3, 0.4) is 0 Å². The first-order valence-electron chi connectivity index (χ1n) is 5.16. The second-order valence-electron chi connectivity index (χ2n) is 3.85. The zero-order valence-corrected chi connectivity index (χ0v) is 8.24. The number of nitrogens with one attached hydrogen (secondary N) is 1. The maximum Gasteiger partial charge on any atom is 0.222 e. The van der Waals surface area contributed by atoms with Gasteiger partial charge in [-0.1, -0.05) is 12.8 Å². The van der Waals surface area contributed by atoms with Gasteiger partial charge >= 0.3 is 0 Å². The molecule has 1 aliphatic rings. The molecule has 1 aromatic heterocycles. The molecule has 0 aliphatic heterocycles. The first-order chi connectivity index (χ1) is 6.84. The highest BCUT2D eigenvalue weighted by atomic mass is 15.1. The zero-order chi connectivity index (χ0) is 9.80. The van der Waals surface area contributed by atoms with Crippen LogP contribution in [0.4, 0.5) is 11.6 Å². The molecule has 1 aliphatic carbocycles. The third kappa shape index (κ3) is 2.87. The second-order valence-corrected chi connectivity index (χ2v) is 3.85. The van der Waals surface area contributed by atoms with Gasteiger partial charge in [0.05, 0.1) is 18.1 Å². The Bertz CT molecular complexity index is 279. The molecule has 0 aromatic carbocycles. The van der Waals surface area contributed by atoms with E-state index in [2.05, 4.69) is 15.3 Å². The lowest BCUT2D eigenvalue weighted by molar-refractivity contribution is 0.685. The summed E-state index contributed by atoms with van der Waals surface area (Å²) in [5, 5.41) is 3.18. The molecule has 0 spiro atoms. The summed E-state index contributed by atoms with van der Waals surface area (Å²) in [6.07, 6.45) is 8.64. The molecule has 1 saturated carbocycles. The molecule has 1 aromatic rings. The Kier molecular flexibility index (Phi) is 2.81. The number of hydrogen-bond acceptors (Lipinski definition) is 4. The van der Waals surface area contributed by atoms with E-state index in [9.17, 15) is 0 Å². The maximum atomic E-state index is 5.48. The highest BCUT2D eigenvalue weighted by molar-refractivity contribution is 5.35. The molecule has 14 heavy (non-hydrogen) atoms. The number of nitrogens with two attached hydrogens (primary N) is 1. The van der Waals surface area contributed by atoms with Crippen molar-refractivity contribution in [3.8, 4) is 0 Å². The molecule has 0 atom stereocenters. The van der Waals surface area contributed by atoms with E-state index in [1.807, 2.05) is 0 Å². The summed E-state index contributed by atoms with van der Waals surface area (Å²) in [5.41, 5.74) is 6.08. The maximum absolute atomic E-state index is 5.48. The predicted molar refractivity (Wildman–Crippen MR) is 56.9 cm³/mol. The number of nitrogens with zero attached hydrogens (tertiary/aromatic N) is 2. The van der Waals surface area contributed by atoms with Gasteiger partial charge in [-0.2, -0.15) is 0 Å². The molecule has 2 rings (SSSR count). The van der Waals surface area contributed by atoms with Crippen molar-refractivity contribution in [1.29, 1.82) is 0 Å². The van der Waals surface area contributed by atoms with Crippen LogP contribution in [0, 0.1) is 5.92 Å². The van der Waals surface area contributed by atoms with Crippen LogP contribution in [-0.4, -0.2) is 16.5 Å². The summed E-state index contributed by atoms with van der Waals surface area (Å²) in [6, 6.07) is 0. The Balaban J connectivity index is 1.66. The normalized spacial score (nSPS) is 15.4. The van der Waals surface area contributed by atoms with Gasteiger partial charge in [-0.25, -0.2) is 9.97 Å². The Labute approximate surface area is 83.9 Å². The van der Waals surface area contributed by atoms with Gasteiger partial charge in [0.1, 0.15) is 0 Å². The third-order valence-electron chi connectivity index (χ3n) is 2.44. The van der Waals surface area contributed by atoms with E-state index < -0.39 is 0 Å². The molecular formula is C10H16N4. The molecule has 0 bridgehead atoms. The summed E-state index contributed by atoms with van der Waals surface area (Å²) in [7, 11) is 0. The molecule has 0 amide bonds.